The number of halogens is 2. The first kappa shape index (κ1) is 13.6. The van der Waals surface area contributed by atoms with E-state index in [1.54, 1.807) is 24.8 Å². The molecule has 5 nitrogen and oxygen atoms in total. The molecule has 1 aliphatic heterocycles. The van der Waals surface area contributed by atoms with Crippen LogP contribution in [0.3, 0.4) is 0 Å². The van der Waals surface area contributed by atoms with Gasteiger partial charge in [0.15, 0.2) is 0 Å². The smallest absolute Gasteiger partial charge is 0.147 e. The number of anilines is 2. The van der Waals surface area contributed by atoms with E-state index in [0.29, 0.717) is 5.02 Å². The van der Waals surface area contributed by atoms with Crippen molar-refractivity contribution in [3.8, 4) is 0 Å². The van der Waals surface area contributed by atoms with Crippen LogP contribution in [0.5, 0.6) is 0 Å². The van der Waals surface area contributed by atoms with Crippen molar-refractivity contribution in [3.05, 3.63) is 40.3 Å². The van der Waals surface area contributed by atoms with Gasteiger partial charge in [0.1, 0.15) is 11.6 Å². The summed E-state index contributed by atoms with van der Waals surface area (Å²) < 4.78 is 0.893. The third-order valence-electron chi connectivity index (χ3n) is 3.24. The molecule has 0 aliphatic carbocycles. The number of hydrogen-bond donors (Lipinski definition) is 0. The van der Waals surface area contributed by atoms with Gasteiger partial charge in [0.05, 0.1) is 11.2 Å². The molecule has 0 atom stereocenters. The molecule has 3 rings (SSSR count). The van der Waals surface area contributed by atoms with Crippen LogP contribution in [0, 0.1) is 0 Å². The Morgan fingerprint density at radius 2 is 1.75 bits per heavy atom. The molecule has 20 heavy (non-hydrogen) atoms. The summed E-state index contributed by atoms with van der Waals surface area (Å²) in [6, 6.07) is 1.87. The number of hydrogen-bond acceptors (Lipinski definition) is 5. The van der Waals surface area contributed by atoms with Gasteiger partial charge in [-0.2, -0.15) is 0 Å². The Balaban J connectivity index is 1.69. The van der Waals surface area contributed by atoms with Gasteiger partial charge in [-0.1, -0.05) is 11.6 Å². The molecule has 104 valence electrons. The average Bonchev–Trinajstić information content (AvgIpc) is 2.48. The van der Waals surface area contributed by atoms with Crippen LogP contribution in [-0.4, -0.2) is 41.1 Å². The molecule has 2 aromatic rings. The van der Waals surface area contributed by atoms with E-state index in [1.165, 1.54) is 0 Å². The Morgan fingerprint density at radius 1 is 1.00 bits per heavy atom. The summed E-state index contributed by atoms with van der Waals surface area (Å²) in [6.07, 6.45) is 6.97. The van der Waals surface area contributed by atoms with Gasteiger partial charge in [0, 0.05) is 49.2 Å². The highest BCUT2D eigenvalue weighted by Gasteiger charge is 2.20. The van der Waals surface area contributed by atoms with Gasteiger partial charge in [-0.15, -0.1) is 0 Å². The summed E-state index contributed by atoms with van der Waals surface area (Å²) in [5.41, 5.74) is 0. The molecule has 0 aromatic carbocycles. The molecule has 0 radical (unpaired) electrons. The van der Waals surface area contributed by atoms with Crippen molar-refractivity contribution in [1.82, 2.24) is 15.0 Å². The zero-order chi connectivity index (χ0) is 13.9. The first-order valence-electron chi connectivity index (χ1n) is 6.31. The van der Waals surface area contributed by atoms with Gasteiger partial charge in [-0.25, -0.2) is 9.97 Å². The summed E-state index contributed by atoms with van der Waals surface area (Å²) in [7, 11) is 0. The topological polar surface area (TPSA) is 45.2 Å². The lowest BCUT2D eigenvalue weighted by Gasteiger charge is -2.36. The zero-order valence-corrected chi connectivity index (χ0v) is 13.0. The van der Waals surface area contributed by atoms with Crippen LogP contribution in [0.4, 0.5) is 11.6 Å². The lowest BCUT2D eigenvalue weighted by atomic mass is 10.3. The molecule has 7 heteroatoms. The lowest BCUT2D eigenvalue weighted by Crippen LogP contribution is -2.47. The molecule has 0 N–H and O–H groups in total. The number of piperazine rings is 1. The van der Waals surface area contributed by atoms with E-state index in [-0.39, 0.29) is 0 Å². The van der Waals surface area contributed by atoms with E-state index in [4.69, 9.17) is 11.6 Å². The molecule has 0 saturated carbocycles. The van der Waals surface area contributed by atoms with Gasteiger partial charge >= 0.3 is 0 Å². The Hall–Kier alpha value is -1.40. The zero-order valence-electron chi connectivity index (χ0n) is 10.7. The molecule has 2 aromatic heterocycles. The van der Waals surface area contributed by atoms with E-state index in [2.05, 4.69) is 40.7 Å². The Bertz CT molecular complexity index is 587. The molecule has 0 amide bonds. The largest absolute Gasteiger partial charge is 0.352 e. The van der Waals surface area contributed by atoms with Crippen molar-refractivity contribution in [1.29, 1.82) is 0 Å². The van der Waals surface area contributed by atoms with Crippen molar-refractivity contribution >= 4 is 39.2 Å². The van der Waals surface area contributed by atoms with E-state index in [0.717, 1.165) is 42.3 Å². The van der Waals surface area contributed by atoms with Crippen LogP contribution in [0.25, 0.3) is 0 Å². The molecular weight excluding hydrogens is 342 g/mol. The van der Waals surface area contributed by atoms with Crippen LogP contribution in [-0.2, 0) is 0 Å². The van der Waals surface area contributed by atoms with Gasteiger partial charge in [-0.05, 0) is 22.0 Å². The highest BCUT2D eigenvalue weighted by Crippen LogP contribution is 2.27. The molecule has 0 spiro atoms. The number of pyridine rings is 1. The Labute approximate surface area is 130 Å². The monoisotopic (exact) mass is 353 g/mol. The van der Waals surface area contributed by atoms with Crippen LogP contribution in [0.2, 0.25) is 5.02 Å². The SMILES string of the molecule is Clc1cc(Br)cnc1N1CCN(c2cnccn2)CC1. The molecule has 0 bridgehead atoms. The fourth-order valence-electron chi connectivity index (χ4n) is 2.24. The fraction of sp³-hybridized carbons (Fsp3) is 0.308. The van der Waals surface area contributed by atoms with Gasteiger partial charge < -0.3 is 9.80 Å². The van der Waals surface area contributed by atoms with E-state index in [1.807, 2.05) is 6.07 Å². The van der Waals surface area contributed by atoms with Gasteiger partial charge in [-0.3, -0.25) is 4.98 Å². The van der Waals surface area contributed by atoms with E-state index >= 15 is 0 Å². The highest BCUT2D eigenvalue weighted by atomic mass is 79.9. The lowest BCUT2D eigenvalue weighted by molar-refractivity contribution is 0.640. The maximum absolute atomic E-state index is 6.25. The molecular formula is C13H13BrClN5. The summed E-state index contributed by atoms with van der Waals surface area (Å²) in [5, 5.41) is 0.673. The summed E-state index contributed by atoms with van der Waals surface area (Å²) >= 11 is 9.62. The highest BCUT2D eigenvalue weighted by molar-refractivity contribution is 9.10. The van der Waals surface area contributed by atoms with Crippen molar-refractivity contribution in [2.24, 2.45) is 0 Å². The standard InChI is InChI=1S/C13H13BrClN5/c14-10-7-11(15)13(18-8-10)20-5-3-19(4-6-20)12-9-16-1-2-17-12/h1-2,7-9H,3-6H2. The van der Waals surface area contributed by atoms with Crippen molar-refractivity contribution in [3.63, 3.8) is 0 Å². The molecule has 1 fully saturated rings. The Kier molecular flexibility index (Phi) is 4.03. The number of nitrogens with zero attached hydrogens (tertiary/aromatic N) is 5. The van der Waals surface area contributed by atoms with E-state index in [9.17, 15) is 0 Å². The maximum atomic E-state index is 6.25. The third kappa shape index (κ3) is 2.86. The van der Waals surface area contributed by atoms with Crippen molar-refractivity contribution < 1.29 is 0 Å². The second kappa shape index (κ2) is 5.93. The molecule has 0 unspecified atom stereocenters. The van der Waals surface area contributed by atoms with Gasteiger partial charge in [0.2, 0.25) is 0 Å². The summed E-state index contributed by atoms with van der Waals surface area (Å²) in [4.78, 5) is 17.2. The van der Waals surface area contributed by atoms with Crippen LogP contribution < -0.4 is 9.80 Å². The normalized spacial score (nSPS) is 15.5. The number of aromatic nitrogens is 3. The third-order valence-corrected chi connectivity index (χ3v) is 3.95. The first-order valence-corrected chi connectivity index (χ1v) is 7.48. The maximum Gasteiger partial charge on any atom is 0.147 e. The minimum absolute atomic E-state index is 0.673. The second-order valence-electron chi connectivity index (χ2n) is 4.50. The molecule has 1 saturated heterocycles. The fourth-order valence-corrected chi connectivity index (χ4v) is 2.99. The van der Waals surface area contributed by atoms with Crippen LogP contribution in [0.15, 0.2) is 35.3 Å². The Morgan fingerprint density at radius 3 is 2.40 bits per heavy atom. The van der Waals surface area contributed by atoms with Crippen LogP contribution >= 0.6 is 27.5 Å². The predicted octanol–water partition coefficient (Wildman–Crippen LogP) is 2.61. The quantitative estimate of drug-likeness (QED) is 0.829. The van der Waals surface area contributed by atoms with Crippen LogP contribution in [0.1, 0.15) is 0 Å². The number of rotatable bonds is 2. The van der Waals surface area contributed by atoms with Crippen molar-refractivity contribution in [2.45, 2.75) is 0 Å². The summed E-state index contributed by atoms with van der Waals surface area (Å²) in [5.74, 6) is 1.76. The average molecular weight is 355 g/mol. The van der Waals surface area contributed by atoms with Gasteiger partial charge in [0.25, 0.3) is 0 Å². The summed E-state index contributed by atoms with van der Waals surface area (Å²) in [6.45, 7) is 3.50. The first-order chi connectivity index (χ1) is 9.74. The predicted molar refractivity (Wildman–Crippen MR) is 83.4 cm³/mol. The molecule has 3 heterocycles. The minimum Gasteiger partial charge on any atom is -0.352 e. The molecule has 1 aliphatic rings. The van der Waals surface area contributed by atoms with E-state index < -0.39 is 0 Å². The van der Waals surface area contributed by atoms with Crippen molar-refractivity contribution in [2.75, 3.05) is 36.0 Å². The second-order valence-corrected chi connectivity index (χ2v) is 5.82. The minimum atomic E-state index is 0.673.